The van der Waals surface area contributed by atoms with Gasteiger partial charge >= 0.3 is 0 Å². The molecule has 0 fully saturated rings. The third-order valence-corrected chi connectivity index (χ3v) is 3.35. The maximum absolute atomic E-state index is 12.0. The van der Waals surface area contributed by atoms with Gasteiger partial charge in [-0.15, -0.1) is 0 Å². The van der Waals surface area contributed by atoms with Crippen LogP contribution in [0, 0.1) is 0 Å². The van der Waals surface area contributed by atoms with Gasteiger partial charge in [0.05, 0.1) is 0 Å². The molecule has 130 valence electrons. The second kappa shape index (κ2) is 7.57. The van der Waals surface area contributed by atoms with Gasteiger partial charge in [0.25, 0.3) is 5.91 Å². The first-order valence-corrected chi connectivity index (χ1v) is 7.80. The summed E-state index contributed by atoms with van der Waals surface area (Å²) in [6.07, 6.45) is 0. The molecule has 7 nitrogen and oxygen atoms in total. The van der Waals surface area contributed by atoms with E-state index in [4.69, 9.17) is 14.2 Å². The SMILES string of the molecule is CC(=O)Nc1cccc(OCC(=O)Nc2ccc3c(c2)OCCO3)c1. The first-order chi connectivity index (χ1) is 12.1. The van der Waals surface area contributed by atoms with Crippen LogP contribution in [-0.2, 0) is 9.59 Å². The van der Waals surface area contributed by atoms with Crippen molar-refractivity contribution in [2.45, 2.75) is 6.92 Å². The van der Waals surface area contributed by atoms with Crippen molar-refractivity contribution < 1.29 is 23.8 Å². The van der Waals surface area contributed by atoms with E-state index in [9.17, 15) is 9.59 Å². The number of nitrogens with one attached hydrogen (secondary N) is 2. The van der Waals surface area contributed by atoms with Crippen molar-refractivity contribution in [2.24, 2.45) is 0 Å². The molecule has 1 heterocycles. The molecule has 0 bridgehead atoms. The summed E-state index contributed by atoms with van der Waals surface area (Å²) in [6.45, 7) is 2.27. The lowest BCUT2D eigenvalue weighted by Crippen LogP contribution is -2.21. The highest BCUT2D eigenvalue weighted by molar-refractivity contribution is 5.92. The normalized spacial score (nSPS) is 12.2. The molecule has 2 aromatic rings. The zero-order valence-corrected chi connectivity index (χ0v) is 13.7. The molecule has 0 aromatic heterocycles. The minimum Gasteiger partial charge on any atom is -0.486 e. The maximum Gasteiger partial charge on any atom is 0.262 e. The van der Waals surface area contributed by atoms with Crippen LogP contribution < -0.4 is 24.8 Å². The van der Waals surface area contributed by atoms with E-state index in [0.29, 0.717) is 41.8 Å². The maximum atomic E-state index is 12.0. The Labute approximate surface area is 144 Å². The highest BCUT2D eigenvalue weighted by Crippen LogP contribution is 2.32. The van der Waals surface area contributed by atoms with Crippen LogP contribution in [0.5, 0.6) is 17.2 Å². The molecule has 7 heteroatoms. The molecule has 0 aliphatic carbocycles. The number of fused-ring (bicyclic) bond motifs is 1. The summed E-state index contributed by atoms with van der Waals surface area (Å²) in [6, 6.07) is 12.0. The van der Waals surface area contributed by atoms with E-state index >= 15 is 0 Å². The number of carbonyl (C=O) groups is 2. The number of benzene rings is 2. The van der Waals surface area contributed by atoms with Crippen molar-refractivity contribution in [3.05, 3.63) is 42.5 Å². The molecule has 2 N–H and O–H groups in total. The minimum absolute atomic E-state index is 0.155. The topological polar surface area (TPSA) is 85.9 Å². The number of hydrogen-bond donors (Lipinski definition) is 2. The molecule has 0 saturated heterocycles. The van der Waals surface area contributed by atoms with Gasteiger partial charge < -0.3 is 24.8 Å². The molecule has 3 rings (SSSR count). The van der Waals surface area contributed by atoms with Crippen LogP contribution in [0.4, 0.5) is 11.4 Å². The Morgan fingerprint density at radius 2 is 1.76 bits per heavy atom. The summed E-state index contributed by atoms with van der Waals surface area (Å²) in [4.78, 5) is 23.1. The van der Waals surface area contributed by atoms with Crippen LogP contribution in [0.2, 0.25) is 0 Å². The highest BCUT2D eigenvalue weighted by Gasteiger charge is 2.13. The second-order valence-corrected chi connectivity index (χ2v) is 5.40. The molecule has 0 saturated carbocycles. The third-order valence-electron chi connectivity index (χ3n) is 3.35. The third kappa shape index (κ3) is 4.63. The van der Waals surface area contributed by atoms with Gasteiger partial charge in [0.1, 0.15) is 19.0 Å². The van der Waals surface area contributed by atoms with E-state index in [1.165, 1.54) is 6.92 Å². The Hall–Kier alpha value is -3.22. The number of carbonyl (C=O) groups excluding carboxylic acids is 2. The molecule has 0 radical (unpaired) electrons. The monoisotopic (exact) mass is 342 g/mol. The Morgan fingerprint density at radius 3 is 2.56 bits per heavy atom. The van der Waals surface area contributed by atoms with Crippen LogP contribution in [0.3, 0.4) is 0 Å². The summed E-state index contributed by atoms with van der Waals surface area (Å²) < 4.78 is 16.4. The summed E-state index contributed by atoms with van der Waals surface area (Å²) in [5.74, 6) is 1.28. The molecule has 0 atom stereocenters. The van der Waals surface area contributed by atoms with Crippen molar-refractivity contribution in [3.8, 4) is 17.2 Å². The van der Waals surface area contributed by atoms with Gasteiger partial charge in [-0.25, -0.2) is 0 Å². The highest BCUT2D eigenvalue weighted by atomic mass is 16.6. The van der Waals surface area contributed by atoms with Gasteiger partial charge in [-0.3, -0.25) is 9.59 Å². The minimum atomic E-state index is -0.304. The zero-order valence-electron chi connectivity index (χ0n) is 13.7. The van der Waals surface area contributed by atoms with Gasteiger partial charge in [0.15, 0.2) is 18.1 Å². The lowest BCUT2D eigenvalue weighted by atomic mass is 10.2. The first-order valence-electron chi connectivity index (χ1n) is 7.80. The van der Waals surface area contributed by atoms with Crippen LogP contribution in [0.1, 0.15) is 6.92 Å². The Kier molecular flexibility index (Phi) is 5.03. The first kappa shape index (κ1) is 16.6. The van der Waals surface area contributed by atoms with Gasteiger partial charge in [-0.05, 0) is 24.3 Å². The van der Waals surface area contributed by atoms with E-state index in [-0.39, 0.29) is 18.4 Å². The van der Waals surface area contributed by atoms with E-state index < -0.39 is 0 Å². The lowest BCUT2D eigenvalue weighted by molar-refractivity contribution is -0.118. The Bertz CT molecular complexity index is 791. The van der Waals surface area contributed by atoms with Gasteiger partial charge in [0, 0.05) is 30.4 Å². The summed E-state index contributed by atoms with van der Waals surface area (Å²) in [5, 5.41) is 5.40. The summed E-state index contributed by atoms with van der Waals surface area (Å²) in [5.41, 5.74) is 1.21. The number of anilines is 2. The smallest absolute Gasteiger partial charge is 0.262 e. The van der Waals surface area contributed by atoms with Crippen LogP contribution in [-0.4, -0.2) is 31.6 Å². The fourth-order valence-corrected chi connectivity index (χ4v) is 2.33. The van der Waals surface area contributed by atoms with E-state index in [1.807, 2.05) is 0 Å². The number of rotatable bonds is 5. The van der Waals surface area contributed by atoms with Gasteiger partial charge in [-0.1, -0.05) is 6.07 Å². The number of amides is 2. The molecule has 0 spiro atoms. The quantitative estimate of drug-likeness (QED) is 0.872. The molecule has 1 aliphatic rings. The van der Waals surface area contributed by atoms with Crippen molar-refractivity contribution in [2.75, 3.05) is 30.5 Å². The van der Waals surface area contributed by atoms with Gasteiger partial charge in [-0.2, -0.15) is 0 Å². The molecular formula is C18H18N2O5. The van der Waals surface area contributed by atoms with Crippen LogP contribution in [0.25, 0.3) is 0 Å². The average molecular weight is 342 g/mol. The van der Waals surface area contributed by atoms with Crippen molar-refractivity contribution in [3.63, 3.8) is 0 Å². The summed E-state index contributed by atoms with van der Waals surface area (Å²) >= 11 is 0. The lowest BCUT2D eigenvalue weighted by Gasteiger charge is -2.19. The van der Waals surface area contributed by atoms with Crippen molar-refractivity contribution in [1.82, 2.24) is 0 Å². The molecular weight excluding hydrogens is 324 g/mol. The number of hydrogen-bond acceptors (Lipinski definition) is 5. The molecule has 2 aromatic carbocycles. The fraction of sp³-hybridized carbons (Fsp3) is 0.222. The second-order valence-electron chi connectivity index (χ2n) is 5.40. The molecule has 1 aliphatic heterocycles. The fourth-order valence-electron chi connectivity index (χ4n) is 2.33. The Balaban J connectivity index is 1.55. The van der Waals surface area contributed by atoms with Crippen molar-refractivity contribution >= 4 is 23.2 Å². The predicted octanol–water partition coefficient (Wildman–Crippen LogP) is 2.43. The standard InChI is InChI=1S/C18H18N2O5/c1-12(21)19-13-3-2-4-15(9-13)25-11-18(22)20-14-5-6-16-17(10-14)24-8-7-23-16/h2-6,9-10H,7-8,11H2,1H3,(H,19,21)(H,20,22). The van der Waals surface area contributed by atoms with Crippen molar-refractivity contribution in [1.29, 1.82) is 0 Å². The summed E-state index contributed by atoms with van der Waals surface area (Å²) in [7, 11) is 0. The van der Waals surface area contributed by atoms with E-state index in [2.05, 4.69) is 10.6 Å². The average Bonchev–Trinajstić information content (AvgIpc) is 2.60. The number of ether oxygens (including phenoxy) is 3. The van der Waals surface area contributed by atoms with Crippen LogP contribution >= 0.6 is 0 Å². The van der Waals surface area contributed by atoms with Crippen LogP contribution in [0.15, 0.2) is 42.5 Å². The zero-order chi connectivity index (χ0) is 17.6. The molecule has 0 unspecified atom stereocenters. The largest absolute Gasteiger partial charge is 0.486 e. The Morgan fingerprint density at radius 1 is 1.00 bits per heavy atom. The van der Waals surface area contributed by atoms with E-state index in [0.717, 1.165) is 0 Å². The van der Waals surface area contributed by atoms with E-state index in [1.54, 1.807) is 42.5 Å². The molecule has 2 amide bonds. The van der Waals surface area contributed by atoms with Gasteiger partial charge in [0.2, 0.25) is 5.91 Å². The molecule has 25 heavy (non-hydrogen) atoms. The predicted molar refractivity (Wildman–Crippen MR) is 92.3 cm³/mol.